The lowest BCUT2D eigenvalue weighted by Crippen LogP contribution is -2.52. The van der Waals surface area contributed by atoms with Gasteiger partial charge in [-0.2, -0.15) is 0 Å². The van der Waals surface area contributed by atoms with Crippen LogP contribution in [-0.2, 0) is 20.9 Å². The van der Waals surface area contributed by atoms with Gasteiger partial charge >= 0.3 is 0 Å². The molecular formula is C22H33N3O3. The summed E-state index contributed by atoms with van der Waals surface area (Å²) >= 11 is 0. The van der Waals surface area contributed by atoms with Gasteiger partial charge in [-0.25, -0.2) is 0 Å². The number of unbranched alkanes of at least 4 members (excludes halogenated alkanes) is 2. The first-order valence-electron chi connectivity index (χ1n) is 10.6. The zero-order valence-corrected chi connectivity index (χ0v) is 17.1. The fraction of sp³-hybridized carbons (Fsp3) is 0.682. The molecule has 0 bridgehead atoms. The summed E-state index contributed by atoms with van der Waals surface area (Å²) < 4.78 is 5.06. The lowest BCUT2D eigenvalue weighted by Gasteiger charge is -2.47. The molecule has 0 N–H and O–H groups in total. The third-order valence-corrected chi connectivity index (χ3v) is 6.24. The second-order valence-corrected chi connectivity index (χ2v) is 8.26. The van der Waals surface area contributed by atoms with Crippen molar-refractivity contribution in [3.63, 3.8) is 0 Å². The summed E-state index contributed by atoms with van der Waals surface area (Å²) in [5.41, 5.74) is 1.10. The highest BCUT2D eigenvalue weighted by Crippen LogP contribution is 2.40. The van der Waals surface area contributed by atoms with E-state index in [1.165, 1.54) is 0 Å². The Bertz CT molecular complexity index is 642. The van der Waals surface area contributed by atoms with Gasteiger partial charge < -0.3 is 14.5 Å². The minimum atomic E-state index is 0.165. The number of aromatic nitrogens is 1. The van der Waals surface area contributed by atoms with Gasteiger partial charge in [0.05, 0.1) is 12.2 Å². The van der Waals surface area contributed by atoms with E-state index in [1.54, 1.807) is 13.3 Å². The predicted octanol–water partition coefficient (Wildman–Crippen LogP) is 3.02. The van der Waals surface area contributed by atoms with Crippen molar-refractivity contribution in [1.82, 2.24) is 14.8 Å². The molecule has 154 valence electrons. The molecular weight excluding hydrogens is 354 g/mol. The number of carbonyl (C=O) groups excluding carboxylic acids is 2. The third-order valence-electron chi connectivity index (χ3n) is 6.24. The Hall–Kier alpha value is -1.95. The SMILES string of the molecule is COCCCCCC(=O)N1CCC2(CCC(=O)N(Cc3ccccn3)C2)CC1. The normalized spacial score (nSPS) is 19.2. The summed E-state index contributed by atoms with van der Waals surface area (Å²) in [5, 5.41) is 0. The van der Waals surface area contributed by atoms with Crippen molar-refractivity contribution in [3.05, 3.63) is 30.1 Å². The summed E-state index contributed by atoms with van der Waals surface area (Å²) in [5.74, 6) is 0.510. The summed E-state index contributed by atoms with van der Waals surface area (Å²) in [7, 11) is 1.71. The second kappa shape index (κ2) is 10.0. The van der Waals surface area contributed by atoms with Gasteiger partial charge in [-0.1, -0.05) is 12.5 Å². The van der Waals surface area contributed by atoms with E-state index in [9.17, 15) is 9.59 Å². The Morgan fingerprint density at radius 2 is 2.00 bits per heavy atom. The molecule has 2 aliphatic heterocycles. The van der Waals surface area contributed by atoms with Crippen molar-refractivity contribution in [3.8, 4) is 0 Å². The highest BCUT2D eigenvalue weighted by molar-refractivity contribution is 5.77. The topological polar surface area (TPSA) is 62.7 Å². The quantitative estimate of drug-likeness (QED) is 0.643. The number of hydrogen-bond acceptors (Lipinski definition) is 4. The van der Waals surface area contributed by atoms with Gasteiger partial charge in [0.25, 0.3) is 0 Å². The zero-order valence-electron chi connectivity index (χ0n) is 17.1. The zero-order chi connectivity index (χ0) is 19.8. The number of hydrogen-bond donors (Lipinski definition) is 0. The van der Waals surface area contributed by atoms with Crippen LogP contribution in [0.2, 0.25) is 0 Å². The van der Waals surface area contributed by atoms with Crippen LogP contribution in [-0.4, -0.2) is 59.9 Å². The molecule has 0 aliphatic carbocycles. The van der Waals surface area contributed by atoms with Crippen molar-refractivity contribution < 1.29 is 14.3 Å². The molecule has 0 aromatic carbocycles. The Morgan fingerprint density at radius 3 is 2.71 bits per heavy atom. The fourth-order valence-corrected chi connectivity index (χ4v) is 4.43. The van der Waals surface area contributed by atoms with Crippen LogP contribution in [0.5, 0.6) is 0 Å². The molecule has 1 spiro atoms. The number of rotatable bonds is 8. The lowest BCUT2D eigenvalue weighted by molar-refractivity contribution is -0.143. The van der Waals surface area contributed by atoms with Crippen LogP contribution < -0.4 is 0 Å². The molecule has 0 atom stereocenters. The second-order valence-electron chi connectivity index (χ2n) is 8.26. The van der Waals surface area contributed by atoms with E-state index in [0.29, 0.717) is 19.4 Å². The van der Waals surface area contributed by atoms with Gasteiger partial charge in [0, 0.05) is 52.4 Å². The van der Waals surface area contributed by atoms with Crippen molar-refractivity contribution in [2.24, 2.45) is 5.41 Å². The minimum Gasteiger partial charge on any atom is -0.385 e. The van der Waals surface area contributed by atoms with E-state index in [0.717, 1.165) is 70.5 Å². The Balaban J connectivity index is 1.47. The Kier molecular flexibility index (Phi) is 7.43. The van der Waals surface area contributed by atoms with Crippen LogP contribution in [0.4, 0.5) is 0 Å². The smallest absolute Gasteiger partial charge is 0.222 e. The van der Waals surface area contributed by atoms with Gasteiger partial charge in [-0.05, 0) is 49.7 Å². The maximum atomic E-state index is 12.5. The number of likely N-dealkylation sites (tertiary alicyclic amines) is 2. The molecule has 0 saturated carbocycles. The summed E-state index contributed by atoms with van der Waals surface area (Å²) in [6.45, 7) is 3.80. The number of ether oxygens (including phenoxy) is 1. The monoisotopic (exact) mass is 387 g/mol. The molecule has 6 nitrogen and oxygen atoms in total. The average molecular weight is 388 g/mol. The molecule has 2 fully saturated rings. The van der Waals surface area contributed by atoms with Gasteiger partial charge in [-0.15, -0.1) is 0 Å². The van der Waals surface area contributed by atoms with Crippen LogP contribution in [0.1, 0.15) is 57.1 Å². The number of methoxy groups -OCH3 is 1. The van der Waals surface area contributed by atoms with Crippen LogP contribution in [0.15, 0.2) is 24.4 Å². The van der Waals surface area contributed by atoms with E-state index < -0.39 is 0 Å². The average Bonchev–Trinajstić information content (AvgIpc) is 2.72. The molecule has 1 aromatic heterocycles. The first kappa shape index (κ1) is 20.8. The molecule has 1 aromatic rings. The molecule has 2 amide bonds. The number of amides is 2. The van der Waals surface area contributed by atoms with Crippen LogP contribution in [0.25, 0.3) is 0 Å². The first-order chi connectivity index (χ1) is 13.6. The third kappa shape index (κ3) is 5.53. The molecule has 6 heteroatoms. The van der Waals surface area contributed by atoms with Crippen molar-refractivity contribution >= 4 is 11.8 Å². The molecule has 2 aliphatic rings. The summed E-state index contributed by atoms with van der Waals surface area (Å²) in [6, 6.07) is 5.84. The molecule has 0 radical (unpaired) electrons. The predicted molar refractivity (Wildman–Crippen MR) is 107 cm³/mol. The number of carbonyl (C=O) groups is 2. The van der Waals surface area contributed by atoms with E-state index in [2.05, 4.69) is 4.98 Å². The summed E-state index contributed by atoms with van der Waals surface area (Å²) in [4.78, 5) is 33.3. The Morgan fingerprint density at radius 1 is 1.18 bits per heavy atom. The fourth-order valence-electron chi connectivity index (χ4n) is 4.43. The van der Waals surface area contributed by atoms with E-state index in [1.807, 2.05) is 28.0 Å². The standard InChI is InChI=1S/C22H33N3O3/c1-28-16-6-2-3-8-20(26)24-14-11-22(12-15-24)10-9-21(27)25(18-22)17-19-7-4-5-13-23-19/h4-5,7,13H,2-3,6,8-12,14-18H2,1H3. The number of pyridine rings is 1. The van der Waals surface area contributed by atoms with Crippen LogP contribution >= 0.6 is 0 Å². The van der Waals surface area contributed by atoms with E-state index in [-0.39, 0.29) is 17.2 Å². The van der Waals surface area contributed by atoms with Crippen LogP contribution in [0.3, 0.4) is 0 Å². The first-order valence-corrected chi connectivity index (χ1v) is 10.6. The molecule has 0 unspecified atom stereocenters. The highest BCUT2D eigenvalue weighted by Gasteiger charge is 2.41. The van der Waals surface area contributed by atoms with Gasteiger partial charge in [-0.3, -0.25) is 14.6 Å². The van der Waals surface area contributed by atoms with Gasteiger partial charge in [0.15, 0.2) is 0 Å². The van der Waals surface area contributed by atoms with Crippen molar-refractivity contribution in [2.45, 2.75) is 57.9 Å². The maximum absolute atomic E-state index is 12.5. The van der Waals surface area contributed by atoms with Gasteiger partial charge in [0.1, 0.15) is 0 Å². The van der Waals surface area contributed by atoms with Crippen LogP contribution in [0, 0.1) is 5.41 Å². The molecule has 3 rings (SSSR count). The Labute approximate surface area is 168 Å². The van der Waals surface area contributed by atoms with E-state index in [4.69, 9.17) is 4.74 Å². The molecule has 28 heavy (non-hydrogen) atoms. The largest absolute Gasteiger partial charge is 0.385 e. The highest BCUT2D eigenvalue weighted by atomic mass is 16.5. The van der Waals surface area contributed by atoms with Crippen molar-refractivity contribution in [1.29, 1.82) is 0 Å². The molecule has 2 saturated heterocycles. The minimum absolute atomic E-state index is 0.165. The molecule has 3 heterocycles. The maximum Gasteiger partial charge on any atom is 0.222 e. The van der Waals surface area contributed by atoms with Gasteiger partial charge in [0.2, 0.25) is 11.8 Å². The van der Waals surface area contributed by atoms with E-state index >= 15 is 0 Å². The number of nitrogens with zero attached hydrogens (tertiary/aromatic N) is 3. The van der Waals surface area contributed by atoms with Crippen molar-refractivity contribution in [2.75, 3.05) is 33.4 Å². The summed E-state index contributed by atoms with van der Waals surface area (Å²) in [6.07, 6.45) is 8.97. The lowest BCUT2D eigenvalue weighted by atomic mass is 9.72. The number of piperidine rings is 2.